The predicted molar refractivity (Wildman–Crippen MR) is 115 cm³/mol. The van der Waals surface area contributed by atoms with Crippen LogP contribution in [-0.2, 0) is 16.1 Å². The molecular formula is C24H27N3O5. The molecule has 1 aromatic carbocycles. The fourth-order valence-electron chi connectivity index (χ4n) is 5.04. The minimum atomic E-state index is -0.535. The van der Waals surface area contributed by atoms with Gasteiger partial charge in [-0.3, -0.25) is 14.4 Å². The molecule has 1 aromatic heterocycles. The third-order valence-corrected chi connectivity index (χ3v) is 6.95. The molecule has 0 N–H and O–H groups in total. The molecule has 0 saturated carbocycles. The van der Waals surface area contributed by atoms with E-state index < -0.39 is 5.54 Å². The van der Waals surface area contributed by atoms with Crippen LogP contribution in [0.25, 0.3) is 0 Å². The van der Waals surface area contributed by atoms with E-state index in [1.54, 1.807) is 17.0 Å². The summed E-state index contributed by atoms with van der Waals surface area (Å²) in [5.74, 6) is 0.200. The molecule has 3 amide bonds. The van der Waals surface area contributed by atoms with Crippen LogP contribution < -0.4 is 0 Å². The molecule has 32 heavy (non-hydrogen) atoms. The molecule has 8 nitrogen and oxygen atoms in total. The van der Waals surface area contributed by atoms with Gasteiger partial charge in [0, 0.05) is 51.5 Å². The number of hydrogen-bond acceptors (Lipinski definition) is 5. The summed E-state index contributed by atoms with van der Waals surface area (Å²) < 4.78 is 10.8. The van der Waals surface area contributed by atoms with Crippen LogP contribution in [-0.4, -0.2) is 77.4 Å². The second-order valence-electron chi connectivity index (χ2n) is 8.71. The Labute approximate surface area is 186 Å². The largest absolute Gasteiger partial charge is 0.459 e. The van der Waals surface area contributed by atoms with Gasteiger partial charge in [-0.2, -0.15) is 0 Å². The van der Waals surface area contributed by atoms with Crippen molar-refractivity contribution in [3.05, 3.63) is 59.5 Å². The number of hydrogen-bond donors (Lipinski definition) is 0. The number of ether oxygens (including phenoxy) is 1. The van der Waals surface area contributed by atoms with Gasteiger partial charge in [0.1, 0.15) is 0 Å². The lowest BCUT2D eigenvalue weighted by atomic mass is 9.84. The van der Waals surface area contributed by atoms with E-state index >= 15 is 0 Å². The van der Waals surface area contributed by atoms with Gasteiger partial charge in [-0.05, 0) is 36.6 Å². The molecule has 3 aliphatic rings. The highest BCUT2D eigenvalue weighted by molar-refractivity contribution is 5.99. The Kier molecular flexibility index (Phi) is 5.46. The summed E-state index contributed by atoms with van der Waals surface area (Å²) in [7, 11) is 0. The number of nitrogens with zero attached hydrogens (tertiary/aromatic N) is 3. The number of carbonyl (C=O) groups excluding carboxylic acids is 3. The summed E-state index contributed by atoms with van der Waals surface area (Å²) >= 11 is 0. The maximum Gasteiger partial charge on any atom is 0.289 e. The van der Waals surface area contributed by atoms with Crippen LogP contribution in [0.15, 0.2) is 47.1 Å². The lowest BCUT2D eigenvalue weighted by Crippen LogP contribution is -2.57. The van der Waals surface area contributed by atoms with Crippen LogP contribution in [0.1, 0.15) is 45.7 Å². The van der Waals surface area contributed by atoms with E-state index in [2.05, 4.69) is 0 Å². The standard InChI is InChI=1S/C24H27N3O5/c28-21(25-9-11-26(12-10-25)23(30)20-6-3-13-32-20)16-24(7-14-31-15-8-24)27-17-18-4-1-2-5-19(18)22(27)29/h1-6,13H,7-12,14-17H2. The van der Waals surface area contributed by atoms with E-state index in [9.17, 15) is 14.4 Å². The second-order valence-corrected chi connectivity index (χ2v) is 8.71. The molecule has 3 aliphatic heterocycles. The van der Waals surface area contributed by atoms with Crippen molar-refractivity contribution >= 4 is 17.7 Å². The number of carbonyl (C=O) groups is 3. The van der Waals surface area contributed by atoms with Gasteiger partial charge in [0.15, 0.2) is 5.76 Å². The molecule has 8 heteroatoms. The van der Waals surface area contributed by atoms with Crippen molar-refractivity contribution in [2.24, 2.45) is 0 Å². The Balaban J connectivity index is 1.27. The van der Waals surface area contributed by atoms with E-state index in [-0.39, 0.29) is 24.1 Å². The van der Waals surface area contributed by atoms with Gasteiger partial charge in [-0.1, -0.05) is 18.2 Å². The number of piperazine rings is 1. The smallest absolute Gasteiger partial charge is 0.289 e. The average molecular weight is 437 g/mol. The van der Waals surface area contributed by atoms with E-state index in [4.69, 9.17) is 9.15 Å². The van der Waals surface area contributed by atoms with Gasteiger partial charge in [-0.25, -0.2) is 0 Å². The van der Waals surface area contributed by atoms with E-state index in [1.165, 1.54) is 6.26 Å². The van der Waals surface area contributed by atoms with Crippen LogP contribution in [0.3, 0.4) is 0 Å². The monoisotopic (exact) mass is 437 g/mol. The lowest BCUT2D eigenvalue weighted by molar-refractivity contribution is -0.137. The number of fused-ring (bicyclic) bond motifs is 1. The highest BCUT2D eigenvalue weighted by Crippen LogP contribution is 2.38. The van der Waals surface area contributed by atoms with Gasteiger partial charge in [0.25, 0.3) is 11.8 Å². The zero-order valence-electron chi connectivity index (χ0n) is 18.0. The molecule has 168 valence electrons. The number of rotatable bonds is 4. The predicted octanol–water partition coefficient (Wildman–Crippen LogP) is 2.16. The Morgan fingerprint density at radius 3 is 2.34 bits per heavy atom. The van der Waals surface area contributed by atoms with E-state index in [1.807, 2.05) is 34.1 Å². The first-order valence-corrected chi connectivity index (χ1v) is 11.2. The Morgan fingerprint density at radius 1 is 0.938 bits per heavy atom. The summed E-state index contributed by atoms with van der Waals surface area (Å²) in [5.41, 5.74) is 1.21. The number of benzene rings is 1. The van der Waals surface area contributed by atoms with Crippen molar-refractivity contribution in [1.82, 2.24) is 14.7 Å². The maximum atomic E-state index is 13.3. The second kappa shape index (κ2) is 8.43. The first-order valence-electron chi connectivity index (χ1n) is 11.2. The Bertz CT molecular complexity index is 1000. The van der Waals surface area contributed by atoms with Crippen LogP contribution in [0.2, 0.25) is 0 Å². The van der Waals surface area contributed by atoms with Gasteiger partial charge >= 0.3 is 0 Å². The first kappa shape index (κ1) is 20.8. The molecule has 2 aromatic rings. The van der Waals surface area contributed by atoms with Crippen molar-refractivity contribution in [1.29, 1.82) is 0 Å². The highest BCUT2D eigenvalue weighted by Gasteiger charge is 2.46. The van der Waals surface area contributed by atoms with Crippen molar-refractivity contribution in [2.45, 2.75) is 31.3 Å². The van der Waals surface area contributed by atoms with Crippen molar-refractivity contribution < 1.29 is 23.5 Å². The Hall–Kier alpha value is -3.13. The normalized spacial score (nSPS) is 20.4. The fourth-order valence-corrected chi connectivity index (χ4v) is 5.04. The van der Waals surface area contributed by atoms with Gasteiger partial charge in [-0.15, -0.1) is 0 Å². The molecule has 2 saturated heterocycles. The topological polar surface area (TPSA) is 83.3 Å². The van der Waals surface area contributed by atoms with Crippen LogP contribution in [0, 0.1) is 0 Å². The third-order valence-electron chi connectivity index (χ3n) is 6.95. The van der Waals surface area contributed by atoms with Crippen LogP contribution >= 0.6 is 0 Å². The average Bonchev–Trinajstić information content (AvgIpc) is 3.48. The first-order chi connectivity index (χ1) is 15.6. The number of amides is 3. The zero-order valence-corrected chi connectivity index (χ0v) is 18.0. The minimum Gasteiger partial charge on any atom is -0.459 e. The SMILES string of the molecule is O=C(CC1(N2Cc3ccccc3C2=O)CCOCC1)N1CCN(C(=O)c2ccco2)CC1. The van der Waals surface area contributed by atoms with E-state index in [0.29, 0.717) is 64.5 Å². The van der Waals surface area contributed by atoms with Gasteiger partial charge in [0.2, 0.25) is 5.91 Å². The van der Waals surface area contributed by atoms with Gasteiger partial charge in [0.05, 0.1) is 18.2 Å². The molecule has 0 radical (unpaired) electrons. The summed E-state index contributed by atoms with van der Waals surface area (Å²) in [6, 6.07) is 11.0. The van der Waals surface area contributed by atoms with Gasteiger partial charge < -0.3 is 23.9 Å². The summed E-state index contributed by atoms with van der Waals surface area (Å²) in [6.45, 7) is 3.51. The summed E-state index contributed by atoms with van der Waals surface area (Å²) in [5, 5.41) is 0. The summed E-state index contributed by atoms with van der Waals surface area (Å²) in [6.07, 6.45) is 3.06. The molecule has 0 spiro atoms. The lowest BCUT2D eigenvalue weighted by Gasteiger charge is -2.45. The fraction of sp³-hybridized carbons (Fsp3) is 0.458. The quantitative estimate of drug-likeness (QED) is 0.732. The molecule has 5 rings (SSSR count). The maximum absolute atomic E-state index is 13.3. The van der Waals surface area contributed by atoms with Crippen LogP contribution in [0.5, 0.6) is 0 Å². The zero-order chi connectivity index (χ0) is 22.1. The van der Waals surface area contributed by atoms with Crippen LogP contribution in [0.4, 0.5) is 0 Å². The van der Waals surface area contributed by atoms with Crippen molar-refractivity contribution in [2.75, 3.05) is 39.4 Å². The molecule has 0 unspecified atom stereocenters. The molecule has 0 bridgehead atoms. The molecule has 0 aliphatic carbocycles. The highest BCUT2D eigenvalue weighted by atomic mass is 16.5. The van der Waals surface area contributed by atoms with Crippen molar-refractivity contribution in [3.8, 4) is 0 Å². The molecule has 2 fully saturated rings. The molecule has 0 atom stereocenters. The van der Waals surface area contributed by atoms with E-state index in [0.717, 1.165) is 11.1 Å². The van der Waals surface area contributed by atoms with Crippen molar-refractivity contribution in [3.63, 3.8) is 0 Å². The summed E-state index contributed by atoms with van der Waals surface area (Å²) in [4.78, 5) is 44.5. The Morgan fingerprint density at radius 2 is 1.66 bits per heavy atom. The third kappa shape index (κ3) is 3.68. The molecular weight excluding hydrogens is 410 g/mol. The molecule has 4 heterocycles. The minimum absolute atomic E-state index is 0.00386. The number of furan rings is 1.